The van der Waals surface area contributed by atoms with Crippen molar-refractivity contribution in [2.75, 3.05) is 26.7 Å². The van der Waals surface area contributed by atoms with Crippen molar-refractivity contribution in [3.8, 4) is 17.7 Å². The summed E-state index contributed by atoms with van der Waals surface area (Å²) in [4.78, 5) is 38.2. The van der Waals surface area contributed by atoms with Gasteiger partial charge in [0, 0.05) is 43.7 Å². The van der Waals surface area contributed by atoms with Gasteiger partial charge in [0.2, 0.25) is 11.8 Å². The van der Waals surface area contributed by atoms with Crippen molar-refractivity contribution >= 4 is 11.8 Å². The highest BCUT2D eigenvalue weighted by molar-refractivity contribution is 5.97. The molecule has 2 aliphatic rings. The van der Waals surface area contributed by atoms with Gasteiger partial charge in [0.1, 0.15) is 17.3 Å². The normalized spacial score (nSPS) is 21.3. The predicted molar refractivity (Wildman–Crippen MR) is 141 cm³/mol. The van der Waals surface area contributed by atoms with Gasteiger partial charge in [-0.05, 0) is 50.3 Å². The SMILES string of the molecule is C[C@H](CO)N1C[C@H](C)[C@H](CN(C)C(=O)Cc2cccnc2)Oc2ncc(C#CC3(O)CCCC3)cc2C1=O. The maximum Gasteiger partial charge on any atom is 0.259 e. The molecule has 9 nitrogen and oxygen atoms in total. The maximum atomic E-state index is 13.6. The number of amides is 2. The van der Waals surface area contributed by atoms with Gasteiger partial charge in [-0.3, -0.25) is 14.6 Å². The van der Waals surface area contributed by atoms with Crippen molar-refractivity contribution in [2.24, 2.45) is 5.92 Å². The first-order valence-electron chi connectivity index (χ1n) is 13.2. The van der Waals surface area contributed by atoms with Crippen LogP contribution < -0.4 is 4.74 Å². The third-order valence-electron chi connectivity index (χ3n) is 7.35. The molecule has 2 aromatic heterocycles. The summed E-state index contributed by atoms with van der Waals surface area (Å²) in [5.74, 6) is 5.59. The molecule has 0 spiro atoms. The molecular weight excluding hydrogens is 484 g/mol. The van der Waals surface area contributed by atoms with E-state index in [2.05, 4.69) is 21.8 Å². The molecule has 0 bridgehead atoms. The summed E-state index contributed by atoms with van der Waals surface area (Å²) in [6.45, 7) is 4.19. The van der Waals surface area contributed by atoms with E-state index in [9.17, 15) is 19.8 Å². The van der Waals surface area contributed by atoms with Gasteiger partial charge in [-0.2, -0.15) is 0 Å². The third kappa shape index (κ3) is 6.50. The zero-order valence-corrected chi connectivity index (χ0v) is 22.3. The lowest BCUT2D eigenvalue weighted by molar-refractivity contribution is -0.130. The molecule has 1 saturated carbocycles. The number of aromatic nitrogens is 2. The maximum absolute atomic E-state index is 13.6. The van der Waals surface area contributed by atoms with Crippen LogP contribution in [0, 0.1) is 17.8 Å². The molecule has 1 aliphatic carbocycles. The molecule has 0 radical (unpaired) electrons. The Bertz CT molecular complexity index is 1200. The highest BCUT2D eigenvalue weighted by Crippen LogP contribution is 2.30. The van der Waals surface area contributed by atoms with Crippen LogP contribution >= 0.6 is 0 Å². The van der Waals surface area contributed by atoms with Crippen LogP contribution in [0.4, 0.5) is 0 Å². The number of carbonyl (C=O) groups excluding carboxylic acids is 2. The highest BCUT2D eigenvalue weighted by Gasteiger charge is 2.35. The predicted octanol–water partition coefficient (Wildman–Crippen LogP) is 2.05. The van der Waals surface area contributed by atoms with Crippen molar-refractivity contribution in [1.29, 1.82) is 0 Å². The van der Waals surface area contributed by atoms with Gasteiger partial charge in [0.05, 0.1) is 25.6 Å². The first kappa shape index (κ1) is 27.6. The zero-order chi connectivity index (χ0) is 27.3. The lowest BCUT2D eigenvalue weighted by Gasteiger charge is -2.37. The van der Waals surface area contributed by atoms with Crippen LogP contribution in [-0.2, 0) is 11.2 Å². The molecule has 9 heteroatoms. The van der Waals surface area contributed by atoms with E-state index in [1.807, 2.05) is 13.0 Å². The van der Waals surface area contributed by atoms with Crippen LogP contribution in [0.25, 0.3) is 0 Å². The molecule has 1 fully saturated rings. The number of hydrogen-bond donors (Lipinski definition) is 2. The Kier molecular flexibility index (Phi) is 8.65. The van der Waals surface area contributed by atoms with Crippen molar-refractivity contribution in [3.63, 3.8) is 0 Å². The Labute approximate surface area is 223 Å². The van der Waals surface area contributed by atoms with Gasteiger partial charge in [0.15, 0.2) is 0 Å². The van der Waals surface area contributed by atoms with Crippen LogP contribution in [-0.4, -0.2) is 86.3 Å². The first-order valence-corrected chi connectivity index (χ1v) is 13.2. The quantitative estimate of drug-likeness (QED) is 0.560. The lowest BCUT2D eigenvalue weighted by Crippen LogP contribution is -2.50. The molecule has 0 aromatic carbocycles. The van der Waals surface area contributed by atoms with E-state index in [-0.39, 0.29) is 42.2 Å². The summed E-state index contributed by atoms with van der Waals surface area (Å²) in [5, 5.41) is 20.5. The number of nitrogens with zero attached hydrogens (tertiary/aromatic N) is 4. The number of rotatable bonds is 6. The lowest BCUT2D eigenvalue weighted by atomic mass is 9.99. The van der Waals surface area contributed by atoms with E-state index < -0.39 is 17.7 Å². The Morgan fingerprint density at radius 1 is 1.34 bits per heavy atom. The standard InChI is InChI=1S/C29H36N4O5/c1-20-17-33(21(2)19-34)28(36)24-13-23(8-11-29(37)9-4-5-10-29)16-31-27(24)38-25(20)18-32(3)26(35)14-22-7-6-12-30-15-22/h6-7,12-13,15-16,20-21,25,34,37H,4-5,9-10,14,17-19H2,1-3H3/t20-,21+,25-/m0/s1. The molecule has 4 rings (SSSR count). The third-order valence-corrected chi connectivity index (χ3v) is 7.35. The van der Waals surface area contributed by atoms with Gasteiger partial charge in [-0.1, -0.05) is 24.8 Å². The topological polar surface area (TPSA) is 116 Å². The Morgan fingerprint density at radius 2 is 2.11 bits per heavy atom. The van der Waals surface area contributed by atoms with E-state index in [1.165, 1.54) is 6.20 Å². The number of aliphatic hydroxyl groups excluding tert-OH is 1. The van der Waals surface area contributed by atoms with Crippen LogP contribution in [0.5, 0.6) is 5.88 Å². The summed E-state index contributed by atoms with van der Waals surface area (Å²) in [6.07, 6.45) is 7.80. The zero-order valence-electron chi connectivity index (χ0n) is 22.3. The van der Waals surface area contributed by atoms with E-state index in [4.69, 9.17) is 4.74 Å². The van der Waals surface area contributed by atoms with Crippen LogP contribution in [0.15, 0.2) is 36.8 Å². The molecule has 2 aromatic rings. The van der Waals surface area contributed by atoms with Crippen molar-refractivity contribution in [1.82, 2.24) is 19.8 Å². The van der Waals surface area contributed by atoms with Gasteiger partial charge < -0.3 is 24.7 Å². The number of likely N-dealkylation sites (N-methyl/N-ethyl adjacent to an activating group) is 1. The average molecular weight is 521 g/mol. The monoisotopic (exact) mass is 520 g/mol. The fourth-order valence-corrected chi connectivity index (χ4v) is 4.85. The first-order chi connectivity index (χ1) is 18.2. The molecule has 2 N–H and O–H groups in total. The molecule has 0 unspecified atom stereocenters. The molecule has 38 heavy (non-hydrogen) atoms. The summed E-state index contributed by atoms with van der Waals surface area (Å²) in [7, 11) is 1.73. The fourth-order valence-electron chi connectivity index (χ4n) is 4.85. The van der Waals surface area contributed by atoms with E-state index in [0.717, 1.165) is 18.4 Å². The van der Waals surface area contributed by atoms with Gasteiger partial charge in [0.25, 0.3) is 5.91 Å². The molecule has 202 valence electrons. The number of fused-ring (bicyclic) bond motifs is 1. The second-order valence-corrected chi connectivity index (χ2v) is 10.5. The summed E-state index contributed by atoms with van der Waals surface area (Å²) >= 11 is 0. The van der Waals surface area contributed by atoms with Crippen LogP contribution in [0.1, 0.15) is 61.0 Å². The minimum atomic E-state index is -1.00. The summed E-state index contributed by atoms with van der Waals surface area (Å²) in [5.41, 5.74) is 0.575. The average Bonchev–Trinajstić information content (AvgIpc) is 3.36. The van der Waals surface area contributed by atoms with Crippen LogP contribution in [0.3, 0.4) is 0 Å². The van der Waals surface area contributed by atoms with Gasteiger partial charge in [-0.15, -0.1) is 0 Å². The van der Waals surface area contributed by atoms with E-state index in [0.29, 0.717) is 31.5 Å². The van der Waals surface area contributed by atoms with E-state index >= 15 is 0 Å². The molecule has 2 amide bonds. The molecular formula is C29H36N4O5. The summed E-state index contributed by atoms with van der Waals surface area (Å²) in [6, 6.07) is 4.87. The second-order valence-electron chi connectivity index (χ2n) is 10.5. The van der Waals surface area contributed by atoms with Crippen molar-refractivity contribution in [2.45, 2.75) is 63.7 Å². The molecule has 3 atom stereocenters. The fraction of sp³-hybridized carbons (Fsp3) is 0.517. The molecule has 3 heterocycles. The number of pyridine rings is 2. The van der Waals surface area contributed by atoms with Gasteiger partial charge in [-0.25, -0.2) is 4.98 Å². The largest absolute Gasteiger partial charge is 0.472 e. The van der Waals surface area contributed by atoms with E-state index in [1.54, 1.807) is 48.3 Å². The van der Waals surface area contributed by atoms with Crippen LogP contribution in [0.2, 0.25) is 0 Å². The Balaban J connectivity index is 1.60. The minimum absolute atomic E-state index is 0.0730. The second kappa shape index (κ2) is 11.9. The molecule has 0 saturated heterocycles. The highest BCUT2D eigenvalue weighted by atomic mass is 16.5. The van der Waals surface area contributed by atoms with Gasteiger partial charge >= 0.3 is 0 Å². The smallest absolute Gasteiger partial charge is 0.259 e. The minimum Gasteiger partial charge on any atom is -0.472 e. The molecule has 1 aliphatic heterocycles. The Morgan fingerprint density at radius 3 is 2.79 bits per heavy atom. The van der Waals surface area contributed by atoms with Crippen molar-refractivity contribution < 1.29 is 24.5 Å². The summed E-state index contributed by atoms with van der Waals surface area (Å²) < 4.78 is 6.28. The number of hydrogen-bond acceptors (Lipinski definition) is 7. The van der Waals surface area contributed by atoms with Crippen molar-refractivity contribution in [3.05, 3.63) is 53.5 Å². The number of aliphatic hydroxyl groups is 2. The Hall–Kier alpha value is -3.48. The number of ether oxygens (including phenoxy) is 1. The number of carbonyl (C=O) groups is 2.